The minimum Gasteiger partial charge on any atom is -0.383 e. The average molecular weight is 395 g/mol. The number of halogens is 1. The van der Waals surface area contributed by atoms with E-state index in [4.69, 9.17) is 22.7 Å². The van der Waals surface area contributed by atoms with Crippen molar-refractivity contribution < 1.29 is 0 Å². The smallest absolute Gasteiger partial charge is 0.187 e. The highest BCUT2D eigenvalue weighted by Gasteiger charge is 2.08. The van der Waals surface area contributed by atoms with Gasteiger partial charge in [0.25, 0.3) is 0 Å². The molecule has 0 bridgehead atoms. The Kier molecular flexibility index (Phi) is 5.45. The van der Waals surface area contributed by atoms with Gasteiger partial charge >= 0.3 is 0 Å². The zero-order chi connectivity index (χ0) is 17.1. The molecule has 1 aromatic carbocycles. The number of thiazole rings is 1. The van der Waals surface area contributed by atoms with Gasteiger partial charge in [-0.15, -0.1) is 34.4 Å². The van der Waals surface area contributed by atoms with E-state index in [0.717, 1.165) is 42.6 Å². The van der Waals surface area contributed by atoms with E-state index in [9.17, 15) is 0 Å². The lowest BCUT2D eigenvalue weighted by molar-refractivity contribution is 1.23. The summed E-state index contributed by atoms with van der Waals surface area (Å²) in [6, 6.07) is 7.73. The highest BCUT2D eigenvalue weighted by atomic mass is 35.5. The van der Waals surface area contributed by atoms with Crippen LogP contribution in [0.1, 0.15) is 16.1 Å². The van der Waals surface area contributed by atoms with Crippen molar-refractivity contribution in [1.82, 2.24) is 4.98 Å². The zero-order valence-corrected chi connectivity index (χ0v) is 16.0. The summed E-state index contributed by atoms with van der Waals surface area (Å²) in [6.07, 6.45) is 0. The van der Waals surface area contributed by atoms with Crippen LogP contribution in [0.15, 0.2) is 39.9 Å². The lowest BCUT2D eigenvalue weighted by Crippen LogP contribution is -2.08. The summed E-state index contributed by atoms with van der Waals surface area (Å²) in [5, 5.41) is 16.4. The van der Waals surface area contributed by atoms with Gasteiger partial charge in [-0.05, 0) is 30.7 Å². The molecule has 2 heterocycles. The van der Waals surface area contributed by atoms with Gasteiger partial charge in [0.15, 0.2) is 5.13 Å². The molecule has 0 aliphatic heterocycles. The summed E-state index contributed by atoms with van der Waals surface area (Å²) in [7, 11) is 0. The fourth-order valence-corrected chi connectivity index (χ4v) is 4.77. The maximum atomic E-state index is 7.44. The fourth-order valence-electron chi connectivity index (χ4n) is 1.98. The van der Waals surface area contributed by atoms with E-state index in [0.29, 0.717) is 0 Å². The Labute approximate surface area is 157 Å². The molecule has 3 rings (SSSR count). The normalized spacial score (nSPS) is 10.8. The van der Waals surface area contributed by atoms with E-state index in [1.807, 2.05) is 41.9 Å². The van der Waals surface area contributed by atoms with Crippen LogP contribution >= 0.6 is 46.0 Å². The number of nitrogens with zero attached hydrogens (tertiary/aromatic N) is 1. The second-order valence-corrected chi connectivity index (χ2v) is 8.26. The quantitative estimate of drug-likeness (QED) is 0.293. The molecule has 0 radical (unpaired) electrons. The maximum absolute atomic E-state index is 7.44. The first-order valence-electron chi connectivity index (χ1n) is 7.05. The number of nitrogens with one attached hydrogen (secondary N) is 2. The van der Waals surface area contributed by atoms with E-state index in [1.54, 1.807) is 23.1 Å². The van der Waals surface area contributed by atoms with Crippen LogP contribution in [0.2, 0.25) is 5.02 Å². The van der Waals surface area contributed by atoms with Gasteiger partial charge in [0.2, 0.25) is 0 Å². The lowest BCUT2D eigenvalue weighted by Gasteiger charge is -2.07. The summed E-state index contributed by atoms with van der Waals surface area (Å²) in [6.45, 7) is 1.98. The van der Waals surface area contributed by atoms with Gasteiger partial charge in [-0.3, -0.25) is 5.41 Å². The highest BCUT2D eigenvalue weighted by Crippen LogP contribution is 2.31. The molecule has 0 saturated carbocycles. The number of aromatic nitrogens is 1. The Bertz CT molecular complexity index is 872. The molecule has 24 heavy (non-hydrogen) atoms. The molecule has 0 aliphatic rings. The summed E-state index contributed by atoms with van der Waals surface area (Å²) in [5.41, 5.74) is 8.49. The topological polar surface area (TPSA) is 74.8 Å². The number of rotatable bonds is 6. The van der Waals surface area contributed by atoms with Gasteiger partial charge < -0.3 is 11.1 Å². The third-order valence-electron chi connectivity index (χ3n) is 3.29. The molecule has 3 aromatic rings. The Morgan fingerprint density at radius 1 is 1.38 bits per heavy atom. The Hall–Kier alpha value is -1.54. The predicted molar refractivity (Wildman–Crippen MR) is 106 cm³/mol. The Morgan fingerprint density at radius 2 is 2.21 bits per heavy atom. The van der Waals surface area contributed by atoms with Crippen molar-refractivity contribution in [1.29, 1.82) is 5.41 Å². The number of hydrogen-bond donors (Lipinski definition) is 3. The molecule has 0 aliphatic carbocycles. The Balaban J connectivity index is 1.63. The summed E-state index contributed by atoms with van der Waals surface area (Å²) < 4.78 is 0. The molecule has 2 aromatic heterocycles. The van der Waals surface area contributed by atoms with Crippen molar-refractivity contribution in [3.05, 3.63) is 56.2 Å². The van der Waals surface area contributed by atoms with Gasteiger partial charge in [0.05, 0.1) is 10.6 Å². The molecule has 4 nitrogen and oxygen atoms in total. The number of thiophene rings is 1. The van der Waals surface area contributed by atoms with Crippen molar-refractivity contribution in [2.45, 2.75) is 17.6 Å². The van der Waals surface area contributed by atoms with Crippen LogP contribution < -0.4 is 11.1 Å². The summed E-state index contributed by atoms with van der Waals surface area (Å²) in [4.78, 5) is 6.52. The molecule has 8 heteroatoms. The van der Waals surface area contributed by atoms with Crippen molar-refractivity contribution in [2.75, 3.05) is 5.32 Å². The van der Waals surface area contributed by atoms with E-state index in [1.165, 1.54) is 11.3 Å². The number of anilines is 2. The van der Waals surface area contributed by atoms with Gasteiger partial charge in [-0.25, -0.2) is 4.98 Å². The van der Waals surface area contributed by atoms with Crippen LogP contribution in [-0.4, -0.2) is 10.8 Å². The predicted octanol–water partition coefficient (Wildman–Crippen LogP) is 5.49. The standard InChI is InChI=1S/C16H15ClN4S3/c1-9-12(17)3-2-4-13(9)21-16-20-10(7-24-16)6-22-11-5-14(15(18)19)23-8-11/h2-5,7-8H,6H2,1H3,(H3,18,19)(H,20,21). The number of hydrogen-bond acceptors (Lipinski definition) is 6. The minimum absolute atomic E-state index is 0.115. The van der Waals surface area contributed by atoms with Crippen LogP contribution in [0.4, 0.5) is 10.8 Å². The maximum Gasteiger partial charge on any atom is 0.187 e. The summed E-state index contributed by atoms with van der Waals surface area (Å²) in [5.74, 6) is 0.893. The van der Waals surface area contributed by atoms with Gasteiger partial charge in [-0.1, -0.05) is 17.7 Å². The van der Waals surface area contributed by atoms with Crippen molar-refractivity contribution in [3.8, 4) is 0 Å². The molecule has 0 unspecified atom stereocenters. The van der Waals surface area contributed by atoms with Crippen molar-refractivity contribution in [3.63, 3.8) is 0 Å². The second-order valence-electron chi connectivity index (χ2n) is 5.03. The van der Waals surface area contributed by atoms with Crippen LogP contribution in [0.3, 0.4) is 0 Å². The van der Waals surface area contributed by atoms with Crippen LogP contribution in [0, 0.1) is 12.3 Å². The zero-order valence-electron chi connectivity index (χ0n) is 12.8. The molecule has 0 spiro atoms. The average Bonchev–Trinajstić information content (AvgIpc) is 3.19. The van der Waals surface area contributed by atoms with Gasteiger partial charge in [0, 0.05) is 32.1 Å². The molecule has 124 valence electrons. The number of benzene rings is 1. The monoisotopic (exact) mass is 394 g/mol. The Morgan fingerprint density at radius 3 is 2.96 bits per heavy atom. The SMILES string of the molecule is Cc1c(Cl)cccc1Nc1nc(CSc2csc(C(=N)N)c2)cs1. The lowest BCUT2D eigenvalue weighted by atomic mass is 10.2. The first-order chi connectivity index (χ1) is 11.5. The first-order valence-corrected chi connectivity index (χ1v) is 10.2. The molecular formula is C16H15ClN4S3. The molecular weight excluding hydrogens is 380 g/mol. The van der Waals surface area contributed by atoms with E-state index in [-0.39, 0.29) is 5.84 Å². The third-order valence-corrected chi connectivity index (χ3v) is 6.63. The molecule has 0 fully saturated rings. The largest absolute Gasteiger partial charge is 0.383 e. The molecule has 0 saturated heterocycles. The minimum atomic E-state index is 0.115. The van der Waals surface area contributed by atoms with Gasteiger partial charge in [-0.2, -0.15) is 0 Å². The molecule has 0 atom stereocenters. The third kappa shape index (κ3) is 4.10. The first kappa shape index (κ1) is 17.3. The van der Waals surface area contributed by atoms with Gasteiger partial charge in [0.1, 0.15) is 5.84 Å². The van der Waals surface area contributed by atoms with E-state index in [2.05, 4.69) is 10.3 Å². The van der Waals surface area contributed by atoms with E-state index < -0.39 is 0 Å². The molecule has 0 amide bonds. The fraction of sp³-hybridized carbons (Fsp3) is 0.125. The molecule has 4 N–H and O–H groups in total. The van der Waals surface area contributed by atoms with Crippen molar-refractivity contribution >= 4 is 62.7 Å². The highest BCUT2D eigenvalue weighted by molar-refractivity contribution is 7.98. The number of amidine groups is 1. The van der Waals surface area contributed by atoms with E-state index >= 15 is 0 Å². The van der Waals surface area contributed by atoms with Crippen LogP contribution in [0.5, 0.6) is 0 Å². The number of thioether (sulfide) groups is 1. The number of nitrogens with two attached hydrogens (primary N) is 1. The second kappa shape index (κ2) is 7.57. The number of nitrogen functional groups attached to an aromatic ring is 1. The van der Waals surface area contributed by atoms with Crippen molar-refractivity contribution in [2.24, 2.45) is 5.73 Å². The summed E-state index contributed by atoms with van der Waals surface area (Å²) >= 11 is 10.9. The van der Waals surface area contributed by atoms with Crippen LogP contribution in [0.25, 0.3) is 0 Å². The van der Waals surface area contributed by atoms with Crippen LogP contribution in [-0.2, 0) is 5.75 Å².